The summed E-state index contributed by atoms with van der Waals surface area (Å²) in [4.78, 5) is 24.9. The highest BCUT2D eigenvalue weighted by atomic mass is 32.1. The van der Waals surface area contributed by atoms with Crippen LogP contribution in [-0.4, -0.2) is 31.7 Å². The molecule has 0 aliphatic heterocycles. The molecule has 0 bridgehead atoms. The Bertz CT molecular complexity index is 896. The van der Waals surface area contributed by atoms with Crippen molar-refractivity contribution in [2.24, 2.45) is 0 Å². The standard InChI is InChI=1S/C16H18N4O3S/c1-16(23,12-5-4-10-24-12)11-17-14(21)7-9-20-15(22)19-8-3-2-6-13(19)18-20/h2-6,8,10,23H,7,9,11H2,1H3,(H,17,21). The van der Waals surface area contributed by atoms with Crippen LogP contribution in [0.5, 0.6) is 0 Å². The van der Waals surface area contributed by atoms with Crippen molar-refractivity contribution in [2.45, 2.75) is 25.5 Å². The average molecular weight is 346 g/mol. The summed E-state index contributed by atoms with van der Waals surface area (Å²) >= 11 is 1.44. The molecule has 126 valence electrons. The van der Waals surface area contributed by atoms with Crippen molar-refractivity contribution in [3.05, 3.63) is 57.3 Å². The number of hydrogen-bond donors (Lipinski definition) is 2. The second kappa shape index (κ2) is 6.58. The van der Waals surface area contributed by atoms with Crippen molar-refractivity contribution in [3.8, 4) is 0 Å². The molecule has 2 N–H and O–H groups in total. The topological polar surface area (TPSA) is 88.6 Å². The van der Waals surface area contributed by atoms with E-state index in [1.807, 2.05) is 17.5 Å². The van der Waals surface area contributed by atoms with Crippen molar-refractivity contribution in [2.75, 3.05) is 6.54 Å². The van der Waals surface area contributed by atoms with Gasteiger partial charge in [-0.15, -0.1) is 16.4 Å². The molecule has 0 spiro atoms. The number of fused-ring (bicyclic) bond motifs is 1. The maximum Gasteiger partial charge on any atom is 0.350 e. The quantitative estimate of drug-likeness (QED) is 0.696. The molecule has 0 radical (unpaired) electrons. The van der Waals surface area contributed by atoms with Crippen molar-refractivity contribution >= 4 is 22.9 Å². The number of thiophene rings is 1. The number of carbonyl (C=O) groups is 1. The zero-order valence-corrected chi connectivity index (χ0v) is 14.0. The van der Waals surface area contributed by atoms with Crippen molar-refractivity contribution in [1.82, 2.24) is 19.5 Å². The van der Waals surface area contributed by atoms with Gasteiger partial charge in [0.05, 0.1) is 13.1 Å². The molecule has 0 aromatic carbocycles. The van der Waals surface area contributed by atoms with Gasteiger partial charge in [0.15, 0.2) is 5.65 Å². The number of carbonyl (C=O) groups excluding carboxylic acids is 1. The number of amides is 1. The second-order valence-electron chi connectivity index (χ2n) is 5.71. The third-order valence-electron chi connectivity index (χ3n) is 3.72. The van der Waals surface area contributed by atoms with E-state index in [2.05, 4.69) is 10.4 Å². The van der Waals surface area contributed by atoms with Gasteiger partial charge in [-0.1, -0.05) is 12.1 Å². The average Bonchev–Trinajstić information content (AvgIpc) is 3.21. The van der Waals surface area contributed by atoms with Gasteiger partial charge in [0.25, 0.3) is 0 Å². The predicted molar refractivity (Wildman–Crippen MR) is 91.0 cm³/mol. The number of aliphatic hydroxyl groups is 1. The van der Waals surface area contributed by atoms with Crippen LogP contribution in [0, 0.1) is 0 Å². The van der Waals surface area contributed by atoms with E-state index >= 15 is 0 Å². The Morgan fingerprint density at radius 3 is 2.92 bits per heavy atom. The molecule has 1 unspecified atom stereocenters. The monoisotopic (exact) mass is 346 g/mol. The first-order chi connectivity index (χ1) is 11.5. The Kier molecular flexibility index (Phi) is 4.50. The van der Waals surface area contributed by atoms with E-state index in [1.54, 1.807) is 31.3 Å². The molecule has 0 aliphatic rings. The predicted octanol–water partition coefficient (Wildman–Crippen LogP) is 0.971. The number of rotatable bonds is 6. The lowest BCUT2D eigenvalue weighted by molar-refractivity contribution is -0.122. The lowest BCUT2D eigenvalue weighted by atomic mass is 10.1. The van der Waals surface area contributed by atoms with Crippen molar-refractivity contribution < 1.29 is 9.90 Å². The van der Waals surface area contributed by atoms with Gasteiger partial charge in [-0.05, 0) is 30.5 Å². The molecule has 3 rings (SSSR count). The zero-order chi connectivity index (χ0) is 17.2. The van der Waals surface area contributed by atoms with Gasteiger partial charge in [-0.3, -0.25) is 9.20 Å². The molecule has 1 atom stereocenters. The first-order valence-corrected chi connectivity index (χ1v) is 8.42. The minimum Gasteiger partial charge on any atom is -0.383 e. The molecule has 1 amide bonds. The maximum absolute atomic E-state index is 12.1. The second-order valence-corrected chi connectivity index (χ2v) is 6.66. The maximum atomic E-state index is 12.1. The molecule has 7 nitrogen and oxygen atoms in total. The van der Waals surface area contributed by atoms with E-state index in [1.165, 1.54) is 20.4 Å². The Balaban J connectivity index is 1.57. The Morgan fingerprint density at radius 2 is 2.21 bits per heavy atom. The number of pyridine rings is 1. The van der Waals surface area contributed by atoms with E-state index in [-0.39, 0.29) is 31.1 Å². The summed E-state index contributed by atoms with van der Waals surface area (Å²) in [6.45, 7) is 1.96. The van der Waals surface area contributed by atoms with Crippen LogP contribution in [0.15, 0.2) is 46.7 Å². The van der Waals surface area contributed by atoms with Gasteiger partial charge in [0, 0.05) is 17.5 Å². The molecule has 3 heterocycles. The Labute approximate surface area is 142 Å². The number of aromatic nitrogens is 3. The van der Waals surface area contributed by atoms with Crippen LogP contribution in [0.4, 0.5) is 0 Å². The summed E-state index contributed by atoms with van der Waals surface area (Å²) in [6, 6.07) is 8.96. The minimum atomic E-state index is -1.11. The van der Waals surface area contributed by atoms with Gasteiger partial charge >= 0.3 is 5.69 Å². The van der Waals surface area contributed by atoms with E-state index in [4.69, 9.17) is 0 Å². The van der Waals surface area contributed by atoms with Crippen LogP contribution >= 0.6 is 11.3 Å². The molecule has 24 heavy (non-hydrogen) atoms. The van der Waals surface area contributed by atoms with Gasteiger partial charge < -0.3 is 10.4 Å². The minimum absolute atomic E-state index is 0.115. The van der Waals surface area contributed by atoms with Gasteiger partial charge in [0.2, 0.25) is 5.91 Å². The fourth-order valence-electron chi connectivity index (χ4n) is 2.35. The van der Waals surface area contributed by atoms with Crippen LogP contribution in [0.2, 0.25) is 0 Å². The lowest BCUT2D eigenvalue weighted by Crippen LogP contribution is -2.38. The normalized spacial score (nSPS) is 13.8. The number of aryl methyl sites for hydroxylation is 1. The summed E-state index contributed by atoms with van der Waals surface area (Å²) in [5.74, 6) is -0.240. The third kappa shape index (κ3) is 3.39. The molecular formula is C16H18N4O3S. The van der Waals surface area contributed by atoms with Gasteiger partial charge in [-0.2, -0.15) is 0 Å². The zero-order valence-electron chi connectivity index (χ0n) is 13.2. The fourth-order valence-corrected chi connectivity index (χ4v) is 3.14. The number of nitrogens with zero attached hydrogens (tertiary/aromatic N) is 3. The molecular weight excluding hydrogens is 328 g/mol. The smallest absolute Gasteiger partial charge is 0.350 e. The summed E-state index contributed by atoms with van der Waals surface area (Å²) < 4.78 is 2.70. The summed E-state index contributed by atoms with van der Waals surface area (Å²) in [7, 11) is 0. The summed E-state index contributed by atoms with van der Waals surface area (Å²) in [5, 5.41) is 19.1. The molecule has 0 saturated heterocycles. The van der Waals surface area contributed by atoms with Crippen molar-refractivity contribution in [3.63, 3.8) is 0 Å². The first-order valence-electron chi connectivity index (χ1n) is 7.55. The molecule has 0 fully saturated rings. The van der Waals surface area contributed by atoms with Crippen LogP contribution in [0.3, 0.4) is 0 Å². The third-order valence-corrected chi connectivity index (χ3v) is 4.84. The molecule has 0 saturated carbocycles. The highest BCUT2D eigenvalue weighted by Crippen LogP contribution is 2.24. The van der Waals surface area contributed by atoms with Crippen LogP contribution < -0.4 is 11.0 Å². The molecule has 0 aliphatic carbocycles. The lowest BCUT2D eigenvalue weighted by Gasteiger charge is -2.22. The highest BCUT2D eigenvalue weighted by Gasteiger charge is 2.24. The highest BCUT2D eigenvalue weighted by molar-refractivity contribution is 7.10. The largest absolute Gasteiger partial charge is 0.383 e. The molecule has 3 aromatic rings. The Morgan fingerprint density at radius 1 is 1.38 bits per heavy atom. The van der Waals surface area contributed by atoms with E-state index in [0.717, 1.165) is 4.88 Å². The van der Waals surface area contributed by atoms with Crippen LogP contribution in [0.1, 0.15) is 18.2 Å². The number of hydrogen-bond acceptors (Lipinski definition) is 5. The first kappa shape index (κ1) is 16.4. The van der Waals surface area contributed by atoms with Crippen LogP contribution in [-0.2, 0) is 16.9 Å². The van der Waals surface area contributed by atoms with Gasteiger partial charge in [0.1, 0.15) is 5.60 Å². The SMILES string of the molecule is CC(O)(CNC(=O)CCn1nc2ccccn2c1=O)c1cccs1. The Hall–Kier alpha value is -2.45. The molecule has 3 aromatic heterocycles. The van der Waals surface area contributed by atoms with E-state index in [9.17, 15) is 14.7 Å². The van der Waals surface area contributed by atoms with E-state index in [0.29, 0.717) is 5.65 Å². The van der Waals surface area contributed by atoms with Gasteiger partial charge in [-0.25, -0.2) is 9.48 Å². The molecule has 8 heteroatoms. The van der Waals surface area contributed by atoms with Crippen LogP contribution in [0.25, 0.3) is 5.65 Å². The summed E-state index contributed by atoms with van der Waals surface area (Å²) in [6.07, 6.45) is 1.75. The van der Waals surface area contributed by atoms with E-state index < -0.39 is 5.60 Å². The fraction of sp³-hybridized carbons (Fsp3) is 0.312. The van der Waals surface area contributed by atoms with Crippen molar-refractivity contribution in [1.29, 1.82) is 0 Å². The number of nitrogens with one attached hydrogen (secondary N) is 1. The summed E-state index contributed by atoms with van der Waals surface area (Å²) in [5.41, 5.74) is -0.837.